The van der Waals surface area contributed by atoms with Gasteiger partial charge in [0.15, 0.2) is 6.29 Å². The predicted octanol–water partition coefficient (Wildman–Crippen LogP) is 4.06. The van der Waals surface area contributed by atoms with Crippen LogP contribution in [0.15, 0.2) is 87.0 Å². The van der Waals surface area contributed by atoms with Crippen LogP contribution >= 0.6 is 0 Å². The molecule has 2 aromatic rings. The van der Waals surface area contributed by atoms with E-state index >= 15 is 0 Å². The first-order chi connectivity index (χ1) is 17.3. The van der Waals surface area contributed by atoms with E-state index in [4.69, 9.17) is 18.9 Å². The minimum atomic E-state index is -1.12. The SMILES string of the molecule is C=CC(=O)OCc1cc(COC(=O)C=C)cc(-c2ccc(COC(O)C=C)cc2COC(=O)C=C)c1. The fraction of sp³-hybridized carbons (Fsp3) is 0.179. The van der Waals surface area contributed by atoms with Crippen LogP contribution in [-0.4, -0.2) is 29.3 Å². The Bertz CT molecular complexity index is 1110. The highest BCUT2D eigenvalue weighted by Gasteiger charge is 2.13. The van der Waals surface area contributed by atoms with Gasteiger partial charge in [-0.15, -0.1) is 0 Å². The van der Waals surface area contributed by atoms with Gasteiger partial charge in [0.05, 0.1) is 6.61 Å². The average molecular weight is 493 g/mol. The molecule has 8 heteroatoms. The van der Waals surface area contributed by atoms with E-state index in [1.54, 1.807) is 30.3 Å². The monoisotopic (exact) mass is 492 g/mol. The van der Waals surface area contributed by atoms with Crippen LogP contribution < -0.4 is 0 Å². The van der Waals surface area contributed by atoms with Crippen molar-refractivity contribution in [2.75, 3.05) is 0 Å². The van der Waals surface area contributed by atoms with Gasteiger partial charge < -0.3 is 24.1 Å². The number of rotatable bonds is 14. The third kappa shape index (κ3) is 8.83. The molecule has 1 atom stereocenters. The third-order valence-corrected chi connectivity index (χ3v) is 4.79. The van der Waals surface area contributed by atoms with E-state index in [1.807, 2.05) is 6.07 Å². The van der Waals surface area contributed by atoms with Gasteiger partial charge in [0.2, 0.25) is 0 Å². The molecular formula is C28H28O8. The maximum Gasteiger partial charge on any atom is 0.330 e. The first-order valence-corrected chi connectivity index (χ1v) is 10.8. The van der Waals surface area contributed by atoms with Crippen LogP contribution in [0, 0.1) is 0 Å². The standard InChI is InChI=1S/C28H28O8/c1-5-25(29)33-15-19-9-10-24(23(12-19)18-36-28(32)8-4)22-13-20(16-34-26(30)6-2)11-21(14-22)17-35-27(31)7-3/h5-14,25,29H,1-4,15-18H2. The number of benzene rings is 2. The summed E-state index contributed by atoms with van der Waals surface area (Å²) in [6, 6.07) is 10.7. The van der Waals surface area contributed by atoms with Crippen molar-refractivity contribution in [2.45, 2.75) is 32.7 Å². The number of aliphatic hydroxyl groups excluding tert-OH is 1. The van der Waals surface area contributed by atoms with Gasteiger partial charge in [0, 0.05) is 18.2 Å². The Labute approximate surface area is 209 Å². The number of aliphatic hydroxyl groups is 1. The maximum atomic E-state index is 11.7. The van der Waals surface area contributed by atoms with E-state index in [0.29, 0.717) is 27.8 Å². The van der Waals surface area contributed by atoms with E-state index in [-0.39, 0.29) is 26.4 Å². The Hall–Kier alpha value is -4.27. The van der Waals surface area contributed by atoms with Crippen molar-refractivity contribution < 1.29 is 38.4 Å². The second-order valence-electron chi connectivity index (χ2n) is 7.40. The molecule has 36 heavy (non-hydrogen) atoms. The Kier molecular flexibility index (Phi) is 11.0. The lowest BCUT2D eigenvalue weighted by atomic mass is 9.95. The number of carbonyl (C=O) groups is 3. The van der Waals surface area contributed by atoms with Crippen LogP contribution in [0.3, 0.4) is 0 Å². The van der Waals surface area contributed by atoms with Crippen LogP contribution in [0.25, 0.3) is 11.1 Å². The molecule has 1 N–H and O–H groups in total. The third-order valence-electron chi connectivity index (χ3n) is 4.79. The van der Waals surface area contributed by atoms with Gasteiger partial charge in [0.25, 0.3) is 0 Å². The minimum Gasteiger partial charge on any atom is -0.458 e. The number of carbonyl (C=O) groups excluding carboxylic acids is 3. The molecule has 0 aliphatic carbocycles. The van der Waals surface area contributed by atoms with E-state index in [2.05, 4.69) is 26.3 Å². The molecule has 188 valence electrons. The van der Waals surface area contributed by atoms with E-state index in [9.17, 15) is 19.5 Å². The molecule has 0 heterocycles. The molecular weight excluding hydrogens is 464 g/mol. The molecule has 2 rings (SSSR count). The van der Waals surface area contributed by atoms with Crippen LogP contribution in [0.4, 0.5) is 0 Å². The summed E-state index contributed by atoms with van der Waals surface area (Å²) in [5.74, 6) is -1.75. The van der Waals surface area contributed by atoms with Crippen molar-refractivity contribution in [1.29, 1.82) is 0 Å². The lowest BCUT2D eigenvalue weighted by Crippen LogP contribution is -2.08. The summed E-state index contributed by atoms with van der Waals surface area (Å²) in [4.78, 5) is 34.8. The summed E-state index contributed by atoms with van der Waals surface area (Å²) in [5, 5.41) is 9.60. The van der Waals surface area contributed by atoms with E-state index in [0.717, 1.165) is 23.8 Å². The average Bonchev–Trinajstić information content (AvgIpc) is 2.91. The molecule has 0 saturated heterocycles. The van der Waals surface area contributed by atoms with Gasteiger partial charge in [-0.05, 0) is 63.7 Å². The van der Waals surface area contributed by atoms with Gasteiger partial charge in [0.1, 0.15) is 19.8 Å². The summed E-state index contributed by atoms with van der Waals surface area (Å²) in [7, 11) is 0. The van der Waals surface area contributed by atoms with Crippen LogP contribution in [0.2, 0.25) is 0 Å². The minimum absolute atomic E-state index is 0.0345. The summed E-state index contributed by atoms with van der Waals surface area (Å²) < 4.78 is 20.9. The van der Waals surface area contributed by atoms with Gasteiger partial charge in [-0.3, -0.25) is 0 Å². The molecule has 1 unspecified atom stereocenters. The van der Waals surface area contributed by atoms with Crippen LogP contribution in [-0.2, 0) is 59.8 Å². The molecule has 0 amide bonds. The number of hydrogen-bond donors (Lipinski definition) is 1. The Morgan fingerprint density at radius 3 is 1.75 bits per heavy atom. The van der Waals surface area contributed by atoms with Gasteiger partial charge in [-0.2, -0.15) is 0 Å². The molecule has 0 spiro atoms. The second-order valence-corrected chi connectivity index (χ2v) is 7.40. The van der Waals surface area contributed by atoms with Crippen LogP contribution in [0.1, 0.15) is 22.3 Å². The highest BCUT2D eigenvalue weighted by Crippen LogP contribution is 2.29. The maximum absolute atomic E-state index is 11.7. The lowest BCUT2D eigenvalue weighted by molar-refractivity contribution is -0.139. The molecule has 0 radical (unpaired) electrons. The first-order valence-electron chi connectivity index (χ1n) is 10.8. The summed E-state index contributed by atoms with van der Waals surface area (Å²) in [6.45, 7) is 13.6. The smallest absolute Gasteiger partial charge is 0.330 e. The molecule has 0 fully saturated rings. The van der Waals surface area contributed by atoms with E-state index in [1.165, 1.54) is 6.08 Å². The van der Waals surface area contributed by atoms with Crippen molar-refractivity contribution in [3.63, 3.8) is 0 Å². The summed E-state index contributed by atoms with van der Waals surface area (Å²) in [5.41, 5.74) is 4.07. The Balaban J connectivity index is 2.49. The molecule has 0 bridgehead atoms. The molecule has 0 aromatic heterocycles. The number of hydrogen-bond acceptors (Lipinski definition) is 8. The zero-order valence-electron chi connectivity index (χ0n) is 19.8. The van der Waals surface area contributed by atoms with Crippen molar-refractivity contribution in [2.24, 2.45) is 0 Å². The van der Waals surface area contributed by atoms with Crippen molar-refractivity contribution in [3.8, 4) is 11.1 Å². The fourth-order valence-electron chi connectivity index (χ4n) is 3.11. The van der Waals surface area contributed by atoms with Gasteiger partial charge in [-0.25, -0.2) is 14.4 Å². The predicted molar refractivity (Wildman–Crippen MR) is 133 cm³/mol. The summed E-state index contributed by atoms with van der Waals surface area (Å²) >= 11 is 0. The highest BCUT2D eigenvalue weighted by atomic mass is 16.6. The van der Waals surface area contributed by atoms with Gasteiger partial charge in [-0.1, -0.05) is 38.4 Å². The van der Waals surface area contributed by atoms with Gasteiger partial charge >= 0.3 is 17.9 Å². The highest BCUT2D eigenvalue weighted by molar-refractivity contribution is 5.82. The normalized spacial score (nSPS) is 11.0. The molecule has 2 aromatic carbocycles. The first kappa shape index (κ1) is 28.0. The molecule has 0 aliphatic heterocycles. The number of ether oxygens (including phenoxy) is 4. The van der Waals surface area contributed by atoms with Crippen molar-refractivity contribution in [3.05, 3.63) is 109 Å². The van der Waals surface area contributed by atoms with Crippen LogP contribution in [0.5, 0.6) is 0 Å². The number of esters is 3. The lowest BCUT2D eigenvalue weighted by Gasteiger charge is -2.16. The fourth-order valence-corrected chi connectivity index (χ4v) is 3.11. The zero-order chi connectivity index (χ0) is 26.5. The molecule has 0 aliphatic rings. The second kappa shape index (κ2) is 14.2. The molecule has 0 saturated carbocycles. The largest absolute Gasteiger partial charge is 0.458 e. The quantitative estimate of drug-likeness (QED) is 0.138. The van der Waals surface area contributed by atoms with Crippen molar-refractivity contribution in [1.82, 2.24) is 0 Å². The summed E-state index contributed by atoms with van der Waals surface area (Å²) in [6.07, 6.45) is 3.32. The molecule has 8 nitrogen and oxygen atoms in total. The Morgan fingerprint density at radius 1 is 0.722 bits per heavy atom. The van der Waals surface area contributed by atoms with E-state index < -0.39 is 24.2 Å². The Morgan fingerprint density at radius 2 is 1.25 bits per heavy atom. The van der Waals surface area contributed by atoms with Crippen molar-refractivity contribution >= 4 is 17.9 Å². The zero-order valence-corrected chi connectivity index (χ0v) is 19.8. The topological polar surface area (TPSA) is 108 Å².